The van der Waals surface area contributed by atoms with E-state index in [1.165, 1.54) is 0 Å². The van der Waals surface area contributed by atoms with Crippen LogP contribution in [0.25, 0.3) is 0 Å². The van der Waals surface area contributed by atoms with Crippen molar-refractivity contribution in [1.82, 2.24) is 0 Å². The highest BCUT2D eigenvalue weighted by Crippen LogP contribution is 2.39. The van der Waals surface area contributed by atoms with Gasteiger partial charge in [0.25, 0.3) is 0 Å². The van der Waals surface area contributed by atoms with E-state index in [1.54, 1.807) is 19.1 Å². The van der Waals surface area contributed by atoms with Crippen molar-refractivity contribution in [3.05, 3.63) is 29.3 Å². The summed E-state index contributed by atoms with van der Waals surface area (Å²) in [6.45, 7) is 4.07. The largest absolute Gasteiger partial charge is 0.494 e. The third-order valence-corrected chi connectivity index (χ3v) is 3.03. The van der Waals surface area contributed by atoms with Crippen molar-refractivity contribution < 1.29 is 17.9 Å². The van der Waals surface area contributed by atoms with Crippen molar-refractivity contribution in [2.24, 2.45) is 0 Å². The zero-order chi connectivity index (χ0) is 13.1. The van der Waals surface area contributed by atoms with Crippen LogP contribution in [0.2, 0.25) is 0 Å². The SMILES string of the molecule is CCOc1ccc(C)cc1C(Br)CC(F)(F)F. The average Bonchev–Trinajstić information content (AvgIpc) is 2.18. The van der Waals surface area contributed by atoms with Crippen LogP contribution in [0.3, 0.4) is 0 Å². The summed E-state index contributed by atoms with van der Waals surface area (Å²) >= 11 is 3.08. The minimum Gasteiger partial charge on any atom is -0.494 e. The van der Waals surface area contributed by atoms with Gasteiger partial charge < -0.3 is 4.74 Å². The Morgan fingerprint density at radius 3 is 2.53 bits per heavy atom. The number of benzene rings is 1. The molecule has 0 N–H and O–H groups in total. The fraction of sp³-hybridized carbons (Fsp3) is 0.500. The van der Waals surface area contributed by atoms with E-state index >= 15 is 0 Å². The van der Waals surface area contributed by atoms with Gasteiger partial charge in [-0.25, -0.2) is 0 Å². The van der Waals surface area contributed by atoms with E-state index in [-0.39, 0.29) is 0 Å². The van der Waals surface area contributed by atoms with Gasteiger partial charge in [0.1, 0.15) is 5.75 Å². The minimum absolute atomic E-state index is 0.432. The molecule has 0 saturated heterocycles. The van der Waals surface area contributed by atoms with Crippen molar-refractivity contribution >= 4 is 15.9 Å². The number of halogens is 4. The van der Waals surface area contributed by atoms with Crippen LogP contribution in [0.1, 0.15) is 29.3 Å². The molecule has 0 heterocycles. The maximum Gasteiger partial charge on any atom is 0.390 e. The molecule has 1 unspecified atom stereocenters. The molecule has 0 fully saturated rings. The first-order chi connectivity index (χ1) is 7.83. The Hall–Kier alpha value is -0.710. The molecule has 0 aliphatic rings. The minimum atomic E-state index is -4.19. The van der Waals surface area contributed by atoms with Gasteiger partial charge in [-0.2, -0.15) is 13.2 Å². The normalized spacial score (nSPS) is 13.5. The second kappa shape index (κ2) is 5.76. The predicted molar refractivity (Wildman–Crippen MR) is 64.7 cm³/mol. The lowest BCUT2D eigenvalue weighted by Crippen LogP contribution is -2.11. The second-order valence-electron chi connectivity index (χ2n) is 3.76. The molecule has 1 nitrogen and oxygen atoms in total. The Balaban J connectivity index is 2.97. The number of alkyl halides is 4. The summed E-state index contributed by atoms with van der Waals surface area (Å²) in [7, 11) is 0. The first-order valence-electron chi connectivity index (χ1n) is 5.27. The molecule has 0 aromatic heterocycles. The van der Waals surface area contributed by atoms with Crippen molar-refractivity contribution in [2.45, 2.75) is 31.3 Å². The fourth-order valence-corrected chi connectivity index (χ4v) is 2.24. The van der Waals surface area contributed by atoms with Gasteiger partial charge in [-0.05, 0) is 19.9 Å². The lowest BCUT2D eigenvalue weighted by atomic mass is 10.1. The third kappa shape index (κ3) is 4.58. The molecule has 0 aliphatic carbocycles. The topological polar surface area (TPSA) is 9.23 Å². The highest BCUT2D eigenvalue weighted by molar-refractivity contribution is 9.09. The number of hydrogen-bond donors (Lipinski definition) is 0. The van der Waals surface area contributed by atoms with Gasteiger partial charge in [-0.1, -0.05) is 33.6 Å². The van der Waals surface area contributed by atoms with Crippen LogP contribution in [-0.4, -0.2) is 12.8 Å². The van der Waals surface area contributed by atoms with Gasteiger partial charge in [-0.3, -0.25) is 0 Å². The summed E-state index contributed by atoms with van der Waals surface area (Å²) in [6, 6.07) is 5.25. The van der Waals surface area contributed by atoms with Crippen molar-refractivity contribution in [3.8, 4) is 5.75 Å². The van der Waals surface area contributed by atoms with Crippen LogP contribution in [0.5, 0.6) is 5.75 Å². The van der Waals surface area contributed by atoms with Gasteiger partial charge in [0.05, 0.1) is 17.9 Å². The van der Waals surface area contributed by atoms with Crippen LogP contribution >= 0.6 is 15.9 Å². The number of hydrogen-bond acceptors (Lipinski definition) is 1. The quantitative estimate of drug-likeness (QED) is 0.727. The zero-order valence-electron chi connectivity index (χ0n) is 9.64. The first kappa shape index (κ1) is 14.4. The lowest BCUT2D eigenvalue weighted by Gasteiger charge is -2.17. The molecular formula is C12H14BrF3O. The van der Waals surface area contributed by atoms with Crippen LogP contribution < -0.4 is 4.74 Å². The lowest BCUT2D eigenvalue weighted by molar-refractivity contribution is -0.134. The Labute approximate surface area is 107 Å². The maximum absolute atomic E-state index is 12.3. The summed E-state index contributed by atoms with van der Waals surface area (Å²) in [5, 5.41) is 0. The molecule has 0 spiro atoms. The zero-order valence-corrected chi connectivity index (χ0v) is 11.2. The molecule has 1 aromatic rings. The molecule has 1 aromatic carbocycles. The summed E-state index contributed by atoms with van der Waals surface area (Å²) in [5.41, 5.74) is 1.46. The number of ether oxygens (including phenoxy) is 1. The van der Waals surface area contributed by atoms with E-state index in [0.29, 0.717) is 17.9 Å². The van der Waals surface area contributed by atoms with E-state index < -0.39 is 17.4 Å². The molecule has 96 valence electrons. The molecule has 0 amide bonds. The van der Waals surface area contributed by atoms with Gasteiger partial charge in [0.15, 0.2) is 0 Å². The Bertz CT molecular complexity index is 377. The molecule has 0 radical (unpaired) electrons. The molecule has 0 saturated carbocycles. The first-order valence-corrected chi connectivity index (χ1v) is 6.19. The fourth-order valence-electron chi connectivity index (χ4n) is 1.51. The molecule has 5 heteroatoms. The van der Waals surface area contributed by atoms with E-state index in [2.05, 4.69) is 15.9 Å². The summed E-state index contributed by atoms with van der Waals surface area (Å²) in [6.07, 6.45) is -5.10. The summed E-state index contributed by atoms with van der Waals surface area (Å²) in [5.74, 6) is 0.504. The van der Waals surface area contributed by atoms with E-state index in [1.807, 2.05) is 13.0 Å². The van der Waals surface area contributed by atoms with Crippen LogP contribution in [0.4, 0.5) is 13.2 Å². The van der Waals surface area contributed by atoms with Crippen molar-refractivity contribution in [1.29, 1.82) is 0 Å². The van der Waals surface area contributed by atoms with E-state index in [0.717, 1.165) is 5.56 Å². The van der Waals surface area contributed by atoms with E-state index in [9.17, 15) is 13.2 Å². The van der Waals surface area contributed by atoms with Crippen molar-refractivity contribution in [2.75, 3.05) is 6.61 Å². The highest BCUT2D eigenvalue weighted by Gasteiger charge is 2.32. The smallest absolute Gasteiger partial charge is 0.390 e. The summed E-state index contributed by atoms with van der Waals surface area (Å²) < 4.78 is 42.3. The molecule has 1 atom stereocenters. The molecule has 1 rings (SSSR count). The Morgan fingerprint density at radius 1 is 1.35 bits per heavy atom. The third-order valence-electron chi connectivity index (χ3n) is 2.21. The number of rotatable bonds is 4. The van der Waals surface area contributed by atoms with Gasteiger partial charge in [0, 0.05) is 5.56 Å². The number of aryl methyl sites for hydroxylation is 1. The van der Waals surface area contributed by atoms with Crippen LogP contribution in [0, 0.1) is 6.92 Å². The van der Waals surface area contributed by atoms with Crippen LogP contribution in [0.15, 0.2) is 18.2 Å². The second-order valence-corrected chi connectivity index (χ2v) is 4.87. The predicted octanol–water partition coefficient (Wildman–Crippen LogP) is 4.78. The highest BCUT2D eigenvalue weighted by atomic mass is 79.9. The molecule has 0 aliphatic heterocycles. The van der Waals surface area contributed by atoms with Gasteiger partial charge in [0.2, 0.25) is 0 Å². The molecule has 0 bridgehead atoms. The van der Waals surface area contributed by atoms with Crippen LogP contribution in [-0.2, 0) is 0 Å². The van der Waals surface area contributed by atoms with Crippen molar-refractivity contribution in [3.63, 3.8) is 0 Å². The van der Waals surface area contributed by atoms with Gasteiger partial charge >= 0.3 is 6.18 Å². The maximum atomic E-state index is 12.3. The van der Waals surface area contributed by atoms with E-state index in [4.69, 9.17) is 4.74 Å². The van der Waals surface area contributed by atoms with Gasteiger partial charge in [-0.15, -0.1) is 0 Å². The Morgan fingerprint density at radius 2 is 2.00 bits per heavy atom. The molecule has 17 heavy (non-hydrogen) atoms. The average molecular weight is 311 g/mol. The monoisotopic (exact) mass is 310 g/mol. The molecular weight excluding hydrogens is 297 g/mol. The Kier molecular flexibility index (Phi) is 4.86. The summed E-state index contributed by atoms with van der Waals surface area (Å²) in [4.78, 5) is -0.774. The standard InChI is InChI=1S/C12H14BrF3O/c1-3-17-11-5-4-8(2)6-9(11)10(13)7-12(14,15)16/h4-6,10H,3,7H2,1-2H3.